The minimum absolute atomic E-state index is 0.0905. The van der Waals surface area contributed by atoms with Gasteiger partial charge in [0.2, 0.25) is 10.0 Å². The predicted molar refractivity (Wildman–Crippen MR) is 123 cm³/mol. The molecule has 0 spiro atoms. The SMILES string of the molecule is O=C(O)CN(CC(O)Cn1c2ccccc2c2ccccc21)S(=O)(=O)c1ccc(Cl)cc1. The average molecular weight is 473 g/mol. The van der Waals surface area contributed by atoms with Crippen LogP contribution in [0, 0.1) is 0 Å². The van der Waals surface area contributed by atoms with Crippen LogP contribution in [0.5, 0.6) is 0 Å². The van der Waals surface area contributed by atoms with Gasteiger partial charge in [0.05, 0.1) is 17.5 Å². The summed E-state index contributed by atoms with van der Waals surface area (Å²) in [5.74, 6) is -1.31. The molecule has 9 heteroatoms. The highest BCUT2D eigenvalue weighted by Gasteiger charge is 2.29. The zero-order valence-corrected chi connectivity index (χ0v) is 18.5. The molecule has 0 aliphatic rings. The molecule has 0 bridgehead atoms. The maximum Gasteiger partial charge on any atom is 0.318 e. The molecule has 4 rings (SSSR count). The number of hydrogen-bond acceptors (Lipinski definition) is 4. The van der Waals surface area contributed by atoms with Crippen molar-refractivity contribution in [1.82, 2.24) is 8.87 Å². The first-order chi connectivity index (χ1) is 15.3. The molecule has 7 nitrogen and oxygen atoms in total. The van der Waals surface area contributed by atoms with Crippen molar-refractivity contribution < 1.29 is 23.4 Å². The second kappa shape index (κ2) is 8.91. The summed E-state index contributed by atoms with van der Waals surface area (Å²) >= 11 is 5.84. The van der Waals surface area contributed by atoms with Gasteiger partial charge in [0, 0.05) is 33.4 Å². The number of carbonyl (C=O) groups is 1. The van der Waals surface area contributed by atoms with Crippen molar-refractivity contribution in [2.24, 2.45) is 0 Å². The Morgan fingerprint density at radius 3 is 2.00 bits per heavy atom. The van der Waals surface area contributed by atoms with Gasteiger partial charge in [0.25, 0.3) is 0 Å². The van der Waals surface area contributed by atoms with Crippen LogP contribution in [0.1, 0.15) is 0 Å². The number of sulfonamides is 1. The molecule has 32 heavy (non-hydrogen) atoms. The van der Waals surface area contributed by atoms with Gasteiger partial charge >= 0.3 is 5.97 Å². The van der Waals surface area contributed by atoms with E-state index < -0.39 is 28.6 Å². The Hall–Kier alpha value is -2.91. The summed E-state index contributed by atoms with van der Waals surface area (Å²) in [6, 6.07) is 21.0. The Kier molecular flexibility index (Phi) is 6.21. The lowest BCUT2D eigenvalue weighted by molar-refractivity contribution is -0.137. The number of hydrogen-bond donors (Lipinski definition) is 2. The fourth-order valence-corrected chi connectivity index (χ4v) is 5.41. The van der Waals surface area contributed by atoms with Crippen LogP contribution >= 0.6 is 11.6 Å². The van der Waals surface area contributed by atoms with E-state index in [2.05, 4.69) is 0 Å². The van der Waals surface area contributed by atoms with Gasteiger partial charge < -0.3 is 14.8 Å². The third-order valence-corrected chi connectivity index (χ3v) is 7.33. The minimum Gasteiger partial charge on any atom is -0.480 e. The number of carboxylic acids is 1. The number of aliphatic hydroxyl groups is 1. The third kappa shape index (κ3) is 4.35. The normalized spacial score (nSPS) is 13.1. The molecule has 2 N–H and O–H groups in total. The van der Waals surface area contributed by atoms with Crippen molar-refractivity contribution in [3.05, 3.63) is 77.8 Å². The van der Waals surface area contributed by atoms with Gasteiger partial charge in [-0.15, -0.1) is 0 Å². The summed E-state index contributed by atoms with van der Waals surface area (Å²) in [5, 5.41) is 22.5. The number of halogens is 1. The summed E-state index contributed by atoms with van der Waals surface area (Å²) in [6.45, 7) is -1.05. The Morgan fingerprint density at radius 1 is 0.938 bits per heavy atom. The van der Waals surface area contributed by atoms with Crippen LogP contribution < -0.4 is 0 Å². The van der Waals surface area contributed by atoms with Crippen molar-refractivity contribution in [3.8, 4) is 0 Å². The Labute approximate surface area is 190 Å². The van der Waals surface area contributed by atoms with Crippen LogP contribution in [0.15, 0.2) is 77.7 Å². The molecular weight excluding hydrogens is 452 g/mol. The lowest BCUT2D eigenvalue weighted by Gasteiger charge is -2.24. The number of aliphatic hydroxyl groups excluding tert-OH is 1. The van der Waals surface area contributed by atoms with Gasteiger partial charge in [-0.2, -0.15) is 4.31 Å². The van der Waals surface area contributed by atoms with E-state index in [-0.39, 0.29) is 18.0 Å². The van der Waals surface area contributed by atoms with E-state index in [0.29, 0.717) is 5.02 Å². The molecule has 0 saturated heterocycles. The molecule has 0 aliphatic carbocycles. The van der Waals surface area contributed by atoms with Crippen LogP contribution in [-0.2, 0) is 21.4 Å². The molecule has 1 atom stereocenters. The van der Waals surface area contributed by atoms with Crippen molar-refractivity contribution >= 4 is 49.4 Å². The molecular formula is C23H21ClN2O5S. The van der Waals surface area contributed by atoms with Crippen LogP contribution in [0.3, 0.4) is 0 Å². The van der Waals surface area contributed by atoms with Gasteiger partial charge in [0.1, 0.15) is 6.54 Å². The highest BCUT2D eigenvalue weighted by atomic mass is 35.5. The van der Waals surface area contributed by atoms with E-state index in [1.807, 2.05) is 53.1 Å². The zero-order chi connectivity index (χ0) is 22.9. The standard InChI is InChI=1S/C23H21ClN2O5S/c24-16-9-11-18(12-10-16)32(30,31)25(15-23(28)29)13-17(27)14-26-21-7-3-1-5-19(21)20-6-2-4-8-22(20)26/h1-12,17,27H,13-15H2,(H,28,29). The number of para-hydroxylation sites is 2. The number of carboxylic acid groups (broad SMARTS) is 1. The lowest BCUT2D eigenvalue weighted by atomic mass is 10.2. The van der Waals surface area contributed by atoms with E-state index in [1.165, 1.54) is 24.3 Å². The molecule has 0 aliphatic heterocycles. The van der Waals surface area contributed by atoms with Gasteiger partial charge in [-0.3, -0.25) is 4.79 Å². The van der Waals surface area contributed by atoms with Gasteiger partial charge in [-0.1, -0.05) is 48.0 Å². The number of fused-ring (bicyclic) bond motifs is 3. The highest BCUT2D eigenvalue weighted by molar-refractivity contribution is 7.89. The summed E-state index contributed by atoms with van der Waals surface area (Å²) in [4.78, 5) is 11.3. The maximum atomic E-state index is 13.0. The molecule has 4 aromatic rings. The molecule has 3 aromatic carbocycles. The molecule has 0 saturated carbocycles. The number of nitrogens with zero attached hydrogens (tertiary/aromatic N) is 2. The monoisotopic (exact) mass is 472 g/mol. The summed E-state index contributed by atoms with van der Waals surface area (Å²) in [7, 11) is -4.15. The lowest BCUT2D eigenvalue weighted by Crippen LogP contribution is -2.42. The maximum absolute atomic E-state index is 13.0. The zero-order valence-electron chi connectivity index (χ0n) is 16.9. The van der Waals surface area contributed by atoms with Crippen LogP contribution in [0.4, 0.5) is 0 Å². The number of benzene rings is 3. The van der Waals surface area contributed by atoms with Crippen molar-refractivity contribution in [1.29, 1.82) is 0 Å². The van der Waals surface area contributed by atoms with Gasteiger partial charge in [-0.25, -0.2) is 8.42 Å². The van der Waals surface area contributed by atoms with Crippen molar-refractivity contribution in [3.63, 3.8) is 0 Å². The molecule has 166 valence electrons. The molecule has 1 unspecified atom stereocenters. The van der Waals surface area contributed by atoms with Crippen molar-refractivity contribution in [2.75, 3.05) is 13.1 Å². The van der Waals surface area contributed by atoms with Crippen LogP contribution in [0.25, 0.3) is 21.8 Å². The molecule has 0 amide bonds. The van der Waals surface area contributed by atoms with E-state index in [4.69, 9.17) is 11.6 Å². The third-order valence-electron chi connectivity index (χ3n) is 5.25. The van der Waals surface area contributed by atoms with Crippen LogP contribution in [-0.4, -0.2) is 52.7 Å². The van der Waals surface area contributed by atoms with E-state index >= 15 is 0 Å². The van der Waals surface area contributed by atoms with Crippen molar-refractivity contribution in [2.45, 2.75) is 17.5 Å². The minimum atomic E-state index is -4.15. The molecule has 1 heterocycles. The van der Waals surface area contributed by atoms with E-state index in [0.717, 1.165) is 26.1 Å². The van der Waals surface area contributed by atoms with Crippen LogP contribution in [0.2, 0.25) is 5.02 Å². The Bertz CT molecular complexity index is 1330. The summed E-state index contributed by atoms with van der Waals surface area (Å²) in [5.41, 5.74) is 1.80. The summed E-state index contributed by atoms with van der Waals surface area (Å²) < 4.78 is 28.8. The highest BCUT2D eigenvalue weighted by Crippen LogP contribution is 2.29. The average Bonchev–Trinajstić information content (AvgIpc) is 3.07. The molecule has 0 radical (unpaired) electrons. The first-order valence-corrected chi connectivity index (χ1v) is 11.7. The van der Waals surface area contributed by atoms with E-state index in [9.17, 15) is 23.4 Å². The second-order valence-electron chi connectivity index (χ2n) is 7.44. The summed E-state index contributed by atoms with van der Waals surface area (Å²) in [6.07, 6.45) is -1.14. The Morgan fingerprint density at radius 2 is 1.47 bits per heavy atom. The molecule has 1 aromatic heterocycles. The first kappa shape index (κ1) is 22.3. The second-order valence-corrected chi connectivity index (χ2v) is 9.82. The van der Waals surface area contributed by atoms with Gasteiger partial charge in [0.15, 0.2) is 0 Å². The Balaban J connectivity index is 1.65. The predicted octanol–water partition coefficient (Wildman–Crippen LogP) is 3.58. The fraction of sp³-hybridized carbons (Fsp3) is 0.174. The fourth-order valence-electron chi connectivity index (χ4n) is 3.86. The topological polar surface area (TPSA) is 99.8 Å². The van der Waals surface area contributed by atoms with Gasteiger partial charge in [-0.05, 0) is 36.4 Å². The smallest absolute Gasteiger partial charge is 0.318 e. The largest absolute Gasteiger partial charge is 0.480 e. The number of aromatic nitrogens is 1. The number of rotatable bonds is 8. The first-order valence-electron chi connectivity index (χ1n) is 9.89. The number of aliphatic carboxylic acids is 1. The van der Waals surface area contributed by atoms with E-state index in [1.54, 1.807) is 0 Å². The molecule has 0 fully saturated rings. The quantitative estimate of drug-likeness (QED) is 0.408.